The lowest BCUT2D eigenvalue weighted by atomic mass is 10.1. The zero-order chi connectivity index (χ0) is 13.5. The molecule has 2 aromatic heterocycles. The van der Waals surface area contributed by atoms with Crippen LogP contribution >= 0.6 is 0 Å². The fraction of sp³-hybridized carbons (Fsp3) is 0.500. The molecule has 102 valence electrons. The normalized spacial score (nSPS) is 28.4. The molecule has 0 spiro atoms. The molecule has 1 unspecified atom stereocenters. The predicted molar refractivity (Wildman–Crippen MR) is 67.3 cm³/mol. The van der Waals surface area contributed by atoms with E-state index >= 15 is 0 Å². The Morgan fingerprint density at radius 2 is 2.20 bits per heavy atom. The van der Waals surface area contributed by atoms with E-state index in [0.29, 0.717) is 23.0 Å². The molecule has 1 atom stereocenters. The topological polar surface area (TPSA) is 97.9 Å². The van der Waals surface area contributed by atoms with Crippen molar-refractivity contribution in [3.05, 3.63) is 17.7 Å². The van der Waals surface area contributed by atoms with Gasteiger partial charge in [-0.2, -0.15) is 15.3 Å². The number of nitrogens with zero attached hydrogens (tertiary/aromatic N) is 6. The summed E-state index contributed by atoms with van der Waals surface area (Å²) in [6.45, 7) is 5.26. The van der Waals surface area contributed by atoms with Gasteiger partial charge in [-0.1, -0.05) is 5.16 Å². The Kier molecular flexibility index (Phi) is 2.55. The number of fused-ring (bicyclic) bond motifs is 3. The van der Waals surface area contributed by atoms with Crippen LogP contribution in [0.4, 0.5) is 0 Å². The standard InChI is InChI=1S/C12H13N7O/c13-5-9-8(6-14-16-9)12-15-11(17-20-12)10-7-18-1-3-19(10)4-2-18/h6,10H,1-4,7H2,(H,14,16). The van der Waals surface area contributed by atoms with Crippen LogP contribution in [0.2, 0.25) is 0 Å². The number of aromatic nitrogens is 4. The zero-order valence-electron chi connectivity index (χ0n) is 10.8. The van der Waals surface area contributed by atoms with Gasteiger partial charge in [0.2, 0.25) is 0 Å². The number of H-pyrrole nitrogens is 1. The second kappa shape index (κ2) is 4.40. The van der Waals surface area contributed by atoms with Crippen molar-refractivity contribution in [2.24, 2.45) is 0 Å². The van der Waals surface area contributed by atoms with Gasteiger partial charge in [0.1, 0.15) is 11.8 Å². The molecule has 0 aromatic carbocycles. The van der Waals surface area contributed by atoms with Gasteiger partial charge < -0.3 is 4.52 Å². The number of piperazine rings is 3. The highest BCUT2D eigenvalue weighted by Gasteiger charge is 2.35. The Hall–Kier alpha value is -2.24. The van der Waals surface area contributed by atoms with Gasteiger partial charge in [-0.05, 0) is 0 Å². The van der Waals surface area contributed by atoms with Crippen molar-refractivity contribution in [2.45, 2.75) is 6.04 Å². The van der Waals surface area contributed by atoms with E-state index in [9.17, 15) is 0 Å². The Balaban J connectivity index is 1.64. The molecule has 3 saturated heterocycles. The SMILES string of the molecule is N#Cc1[nH]ncc1-c1nc(C2CN3CCN2CC3)no1. The first-order chi connectivity index (χ1) is 9.85. The molecule has 2 bridgehead atoms. The molecular weight excluding hydrogens is 258 g/mol. The maximum absolute atomic E-state index is 8.98. The van der Waals surface area contributed by atoms with Gasteiger partial charge in [0.15, 0.2) is 5.82 Å². The third-order valence-corrected chi connectivity index (χ3v) is 4.00. The summed E-state index contributed by atoms with van der Waals surface area (Å²) in [6, 6.07) is 2.21. The van der Waals surface area contributed by atoms with Gasteiger partial charge in [0.05, 0.1) is 17.8 Å². The van der Waals surface area contributed by atoms with Gasteiger partial charge >= 0.3 is 0 Å². The molecule has 2 aromatic rings. The van der Waals surface area contributed by atoms with Gasteiger partial charge in [0.25, 0.3) is 5.89 Å². The third kappa shape index (κ3) is 1.71. The maximum Gasteiger partial charge on any atom is 0.262 e. The van der Waals surface area contributed by atoms with Crippen molar-refractivity contribution < 1.29 is 4.52 Å². The number of hydrogen-bond acceptors (Lipinski definition) is 7. The number of aromatic amines is 1. The molecule has 1 N–H and O–H groups in total. The molecular formula is C12H13N7O. The number of nitriles is 1. The Morgan fingerprint density at radius 1 is 1.35 bits per heavy atom. The van der Waals surface area contributed by atoms with E-state index < -0.39 is 0 Å². The third-order valence-electron chi connectivity index (χ3n) is 4.00. The van der Waals surface area contributed by atoms with Crippen LogP contribution in [0.5, 0.6) is 0 Å². The predicted octanol–water partition coefficient (Wildman–Crippen LogP) is 0.00368. The molecule has 3 aliphatic rings. The molecule has 8 heteroatoms. The Morgan fingerprint density at radius 3 is 2.90 bits per heavy atom. The van der Waals surface area contributed by atoms with Crippen LogP contribution in [0.3, 0.4) is 0 Å². The molecule has 3 fully saturated rings. The van der Waals surface area contributed by atoms with Crippen molar-refractivity contribution in [1.82, 2.24) is 30.1 Å². The summed E-state index contributed by atoms with van der Waals surface area (Å²) in [5.74, 6) is 1.04. The molecule has 0 aliphatic carbocycles. The lowest BCUT2D eigenvalue weighted by molar-refractivity contribution is 0.00781. The maximum atomic E-state index is 8.98. The van der Waals surface area contributed by atoms with E-state index in [1.54, 1.807) is 0 Å². The van der Waals surface area contributed by atoms with Crippen LogP contribution in [0.1, 0.15) is 17.6 Å². The smallest absolute Gasteiger partial charge is 0.262 e. The van der Waals surface area contributed by atoms with Crippen LogP contribution in [0.15, 0.2) is 10.7 Å². The molecule has 20 heavy (non-hydrogen) atoms. The molecule has 0 amide bonds. The minimum atomic E-state index is 0.187. The van der Waals surface area contributed by atoms with Crippen molar-refractivity contribution in [1.29, 1.82) is 5.26 Å². The molecule has 0 saturated carbocycles. The highest BCUT2D eigenvalue weighted by atomic mass is 16.5. The van der Waals surface area contributed by atoms with Crippen molar-refractivity contribution >= 4 is 0 Å². The minimum absolute atomic E-state index is 0.187. The highest BCUT2D eigenvalue weighted by Crippen LogP contribution is 2.28. The zero-order valence-corrected chi connectivity index (χ0v) is 10.8. The van der Waals surface area contributed by atoms with Crippen LogP contribution in [-0.4, -0.2) is 62.9 Å². The number of hydrogen-bond donors (Lipinski definition) is 1. The molecule has 5 rings (SSSR count). The second-order valence-corrected chi connectivity index (χ2v) is 5.08. The fourth-order valence-electron chi connectivity index (χ4n) is 2.88. The van der Waals surface area contributed by atoms with E-state index in [1.165, 1.54) is 6.20 Å². The summed E-state index contributed by atoms with van der Waals surface area (Å²) < 4.78 is 5.30. The summed E-state index contributed by atoms with van der Waals surface area (Å²) in [6.07, 6.45) is 1.53. The highest BCUT2D eigenvalue weighted by molar-refractivity contribution is 5.59. The summed E-state index contributed by atoms with van der Waals surface area (Å²) in [5, 5.41) is 19.5. The largest absolute Gasteiger partial charge is 0.334 e. The number of nitrogens with one attached hydrogen (secondary N) is 1. The summed E-state index contributed by atoms with van der Waals surface area (Å²) in [4.78, 5) is 9.25. The lowest BCUT2D eigenvalue weighted by Crippen LogP contribution is -2.57. The molecule has 3 aliphatic heterocycles. The van der Waals surface area contributed by atoms with Gasteiger partial charge in [0, 0.05) is 32.7 Å². The van der Waals surface area contributed by atoms with Crippen LogP contribution in [0, 0.1) is 11.3 Å². The first-order valence-electron chi connectivity index (χ1n) is 6.59. The van der Waals surface area contributed by atoms with E-state index in [2.05, 4.69) is 30.1 Å². The van der Waals surface area contributed by atoms with Gasteiger partial charge in [-0.15, -0.1) is 0 Å². The van der Waals surface area contributed by atoms with Crippen molar-refractivity contribution in [2.75, 3.05) is 32.7 Å². The average Bonchev–Trinajstić information content (AvgIpc) is 3.17. The van der Waals surface area contributed by atoms with E-state index in [4.69, 9.17) is 9.78 Å². The first kappa shape index (κ1) is 11.6. The quantitative estimate of drug-likeness (QED) is 0.821. The first-order valence-corrected chi connectivity index (χ1v) is 6.59. The molecule has 0 radical (unpaired) electrons. The Labute approximate surface area is 115 Å². The number of rotatable bonds is 2. The minimum Gasteiger partial charge on any atom is -0.334 e. The van der Waals surface area contributed by atoms with Crippen LogP contribution in [0.25, 0.3) is 11.5 Å². The fourth-order valence-corrected chi connectivity index (χ4v) is 2.88. The summed E-state index contributed by atoms with van der Waals surface area (Å²) >= 11 is 0. The van der Waals surface area contributed by atoms with E-state index in [-0.39, 0.29) is 6.04 Å². The lowest BCUT2D eigenvalue weighted by Gasteiger charge is -2.46. The molecule has 8 nitrogen and oxygen atoms in total. The molecule has 5 heterocycles. The van der Waals surface area contributed by atoms with Gasteiger partial charge in [-0.3, -0.25) is 14.9 Å². The second-order valence-electron chi connectivity index (χ2n) is 5.08. The van der Waals surface area contributed by atoms with Crippen molar-refractivity contribution in [3.8, 4) is 17.5 Å². The average molecular weight is 271 g/mol. The summed E-state index contributed by atoms with van der Waals surface area (Å²) in [5.41, 5.74) is 0.900. The Bertz CT molecular complexity index is 661. The van der Waals surface area contributed by atoms with Crippen LogP contribution in [-0.2, 0) is 0 Å². The van der Waals surface area contributed by atoms with Crippen molar-refractivity contribution in [3.63, 3.8) is 0 Å². The van der Waals surface area contributed by atoms with Crippen LogP contribution < -0.4 is 0 Å². The van der Waals surface area contributed by atoms with Gasteiger partial charge in [-0.25, -0.2) is 0 Å². The van der Waals surface area contributed by atoms with E-state index in [1.807, 2.05) is 6.07 Å². The monoisotopic (exact) mass is 271 g/mol. The summed E-state index contributed by atoms with van der Waals surface area (Å²) in [7, 11) is 0. The van der Waals surface area contributed by atoms with E-state index in [0.717, 1.165) is 32.7 Å².